The van der Waals surface area contributed by atoms with Gasteiger partial charge in [0.25, 0.3) is 0 Å². The van der Waals surface area contributed by atoms with Crippen molar-refractivity contribution in [2.24, 2.45) is 11.8 Å². The Labute approximate surface area is 269 Å². The molecule has 0 aliphatic heterocycles. The molecular formula is C35H41N3O8. The summed E-state index contributed by atoms with van der Waals surface area (Å²) in [5.41, 5.74) is 2.31. The van der Waals surface area contributed by atoms with E-state index in [1.54, 1.807) is 52.0 Å². The van der Waals surface area contributed by atoms with E-state index in [4.69, 9.17) is 14.2 Å². The summed E-state index contributed by atoms with van der Waals surface area (Å²) in [6.07, 6.45) is -0.705. The average molecular weight is 632 g/mol. The van der Waals surface area contributed by atoms with Crippen LogP contribution in [0.1, 0.15) is 44.4 Å². The number of carbonyl (C=O) groups is 5. The van der Waals surface area contributed by atoms with Crippen LogP contribution in [0.25, 0.3) is 0 Å². The van der Waals surface area contributed by atoms with Gasteiger partial charge in [-0.25, -0.2) is 14.4 Å². The van der Waals surface area contributed by atoms with Crippen LogP contribution < -0.4 is 20.7 Å². The van der Waals surface area contributed by atoms with Gasteiger partial charge in [-0.2, -0.15) is 0 Å². The van der Waals surface area contributed by atoms with Gasteiger partial charge in [0, 0.05) is 0 Å². The first kappa shape index (κ1) is 35.3. The highest BCUT2D eigenvalue weighted by molar-refractivity contribution is 5.88. The van der Waals surface area contributed by atoms with Gasteiger partial charge >= 0.3 is 18.2 Å². The maximum Gasteiger partial charge on any atom is 0.408 e. The molecule has 3 N–H and O–H groups in total. The second kappa shape index (κ2) is 17.9. The summed E-state index contributed by atoms with van der Waals surface area (Å²) >= 11 is 0. The topological polar surface area (TPSA) is 149 Å². The average Bonchev–Trinajstić information content (AvgIpc) is 3.05. The maximum absolute atomic E-state index is 13.0. The van der Waals surface area contributed by atoms with E-state index in [1.165, 1.54) is 0 Å². The lowest BCUT2D eigenvalue weighted by Crippen LogP contribution is -2.52. The Hall–Kier alpha value is -5.19. The molecule has 0 spiro atoms. The first-order valence-corrected chi connectivity index (χ1v) is 15.1. The third-order valence-electron chi connectivity index (χ3n) is 6.93. The van der Waals surface area contributed by atoms with E-state index in [9.17, 15) is 24.0 Å². The maximum atomic E-state index is 13.0. The third kappa shape index (κ3) is 11.7. The lowest BCUT2D eigenvalue weighted by molar-refractivity contribution is -0.137. The summed E-state index contributed by atoms with van der Waals surface area (Å²) in [6, 6.07) is 22.0. The smallest absolute Gasteiger partial charge is 0.408 e. The molecule has 0 aliphatic rings. The van der Waals surface area contributed by atoms with Gasteiger partial charge in [-0.05, 0) is 47.1 Å². The Balaban J connectivity index is 1.51. The zero-order chi connectivity index (χ0) is 33.5. The van der Waals surface area contributed by atoms with Gasteiger partial charge in [0.1, 0.15) is 37.3 Å². The quantitative estimate of drug-likeness (QED) is 0.124. The standard InChI is InChI=1S/C35H41N3O8/c1-23(2)30(37-34(42)44-21-26-11-7-5-8-12-26)32(40)36-28(20-39)19-25-15-17-29(18-16-25)46-33(41)31(24(3)4)38-35(43)45-22-27-13-9-6-10-14-27/h5-18,20,23-24,28,30-31H,19,21-22H2,1-4H3,(H,36,40)(H,37,42)(H,38,43)/t28?,30-,31-/m0/s1. The molecule has 0 fully saturated rings. The number of alkyl carbamates (subject to hydrolysis) is 2. The summed E-state index contributed by atoms with van der Waals surface area (Å²) < 4.78 is 16.0. The second-order valence-electron chi connectivity index (χ2n) is 11.4. The molecule has 3 aromatic rings. The SMILES string of the molecule is CC(C)[C@H](NC(=O)OCc1ccccc1)C(=O)NC(C=O)Cc1ccc(OC(=O)[C@@H](NC(=O)OCc2ccccc2)C(C)C)cc1. The zero-order valence-corrected chi connectivity index (χ0v) is 26.4. The van der Waals surface area contributed by atoms with Crippen LogP contribution >= 0.6 is 0 Å². The summed E-state index contributed by atoms with van der Waals surface area (Å²) in [7, 11) is 0. The number of carbonyl (C=O) groups excluding carboxylic acids is 5. The van der Waals surface area contributed by atoms with Crippen LogP contribution in [-0.2, 0) is 43.5 Å². The first-order valence-electron chi connectivity index (χ1n) is 15.1. The van der Waals surface area contributed by atoms with Gasteiger partial charge in [-0.3, -0.25) is 4.79 Å². The summed E-state index contributed by atoms with van der Waals surface area (Å²) in [4.78, 5) is 62.4. The molecule has 3 rings (SSSR count). The molecule has 3 amide bonds. The Morgan fingerprint density at radius 1 is 0.630 bits per heavy atom. The number of hydrogen-bond donors (Lipinski definition) is 3. The number of hydrogen-bond acceptors (Lipinski definition) is 8. The number of amides is 3. The van der Waals surface area contributed by atoms with Gasteiger partial charge in [-0.15, -0.1) is 0 Å². The minimum absolute atomic E-state index is 0.0529. The highest BCUT2D eigenvalue weighted by atomic mass is 16.6. The fourth-order valence-corrected chi connectivity index (χ4v) is 4.35. The number of esters is 1. The van der Waals surface area contributed by atoms with E-state index in [-0.39, 0.29) is 37.2 Å². The van der Waals surface area contributed by atoms with Crippen molar-refractivity contribution in [2.45, 2.75) is 65.5 Å². The molecule has 0 radical (unpaired) electrons. The van der Waals surface area contributed by atoms with Crippen LogP contribution in [-0.4, -0.2) is 48.5 Å². The molecular weight excluding hydrogens is 590 g/mol. The molecule has 11 heteroatoms. The van der Waals surface area contributed by atoms with E-state index in [2.05, 4.69) is 16.0 Å². The monoisotopic (exact) mass is 631 g/mol. The minimum atomic E-state index is -0.948. The predicted octanol–water partition coefficient (Wildman–Crippen LogP) is 4.72. The molecule has 0 saturated heterocycles. The van der Waals surface area contributed by atoms with Crippen molar-refractivity contribution < 1.29 is 38.2 Å². The van der Waals surface area contributed by atoms with E-state index in [1.807, 2.05) is 60.7 Å². The Kier molecular flexibility index (Phi) is 13.8. The highest BCUT2D eigenvalue weighted by Crippen LogP contribution is 2.16. The van der Waals surface area contributed by atoms with Gasteiger partial charge in [-0.1, -0.05) is 100 Å². The zero-order valence-electron chi connectivity index (χ0n) is 26.4. The van der Waals surface area contributed by atoms with Crippen molar-refractivity contribution in [1.29, 1.82) is 0 Å². The largest absolute Gasteiger partial charge is 0.445 e. The van der Waals surface area contributed by atoms with Gasteiger partial charge in [0.15, 0.2) is 0 Å². The summed E-state index contributed by atoms with van der Waals surface area (Å²) in [5.74, 6) is -1.50. The molecule has 3 atom stereocenters. The number of rotatable bonds is 15. The van der Waals surface area contributed by atoms with Gasteiger partial charge < -0.3 is 35.0 Å². The van der Waals surface area contributed by atoms with Crippen molar-refractivity contribution in [3.8, 4) is 5.75 Å². The predicted molar refractivity (Wildman–Crippen MR) is 171 cm³/mol. The van der Waals surface area contributed by atoms with E-state index < -0.39 is 42.2 Å². The number of aldehydes is 1. The molecule has 11 nitrogen and oxygen atoms in total. The number of nitrogens with one attached hydrogen (secondary N) is 3. The van der Waals surface area contributed by atoms with Crippen LogP contribution in [0.2, 0.25) is 0 Å². The molecule has 1 unspecified atom stereocenters. The van der Waals surface area contributed by atoms with Crippen LogP contribution in [0, 0.1) is 11.8 Å². The Bertz CT molecular complexity index is 1430. The normalized spacial score (nSPS) is 12.7. The van der Waals surface area contributed by atoms with Crippen molar-refractivity contribution in [3.05, 3.63) is 102 Å². The van der Waals surface area contributed by atoms with Crippen molar-refractivity contribution in [3.63, 3.8) is 0 Å². The van der Waals surface area contributed by atoms with E-state index in [0.717, 1.165) is 11.1 Å². The van der Waals surface area contributed by atoms with E-state index >= 15 is 0 Å². The molecule has 0 saturated carbocycles. The van der Waals surface area contributed by atoms with Crippen LogP contribution in [0.4, 0.5) is 9.59 Å². The lowest BCUT2D eigenvalue weighted by Gasteiger charge is -2.23. The molecule has 0 bridgehead atoms. The minimum Gasteiger partial charge on any atom is -0.445 e. The fraction of sp³-hybridized carbons (Fsp3) is 0.343. The molecule has 0 aliphatic carbocycles. The second-order valence-corrected chi connectivity index (χ2v) is 11.4. The Morgan fingerprint density at radius 3 is 1.57 bits per heavy atom. The van der Waals surface area contributed by atoms with Crippen molar-refractivity contribution in [1.82, 2.24) is 16.0 Å². The Morgan fingerprint density at radius 2 is 1.11 bits per heavy atom. The summed E-state index contributed by atoms with van der Waals surface area (Å²) in [5, 5.41) is 7.82. The lowest BCUT2D eigenvalue weighted by atomic mass is 10.0. The molecule has 0 aromatic heterocycles. The summed E-state index contributed by atoms with van der Waals surface area (Å²) in [6.45, 7) is 7.19. The molecule has 46 heavy (non-hydrogen) atoms. The van der Waals surface area contributed by atoms with Crippen LogP contribution in [0.5, 0.6) is 5.75 Å². The van der Waals surface area contributed by atoms with E-state index in [0.29, 0.717) is 11.8 Å². The number of ether oxygens (including phenoxy) is 3. The highest BCUT2D eigenvalue weighted by Gasteiger charge is 2.28. The third-order valence-corrected chi connectivity index (χ3v) is 6.93. The molecule has 0 heterocycles. The van der Waals surface area contributed by atoms with Crippen LogP contribution in [0.3, 0.4) is 0 Å². The molecule has 3 aromatic carbocycles. The van der Waals surface area contributed by atoms with Gasteiger partial charge in [0.05, 0.1) is 6.04 Å². The van der Waals surface area contributed by atoms with Crippen molar-refractivity contribution in [2.75, 3.05) is 0 Å². The van der Waals surface area contributed by atoms with Gasteiger partial charge in [0.2, 0.25) is 5.91 Å². The van der Waals surface area contributed by atoms with Crippen molar-refractivity contribution >= 4 is 30.3 Å². The van der Waals surface area contributed by atoms with Crippen LogP contribution in [0.15, 0.2) is 84.9 Å². The first-order chi connectivity index (χ1) is 22.0. The number of benzene rings is 3. The molecule has 244 valence electrons. The fourth-order valence-electron chi connectivity index (χ4n) is 4.35.